The first kappa shape index (κ1) is 29.3. The minimum atomic E-state index is -0.656. The van der Waals surface area contributed by atoms with Crippen LogP contribution in [0.4, 0.5) is 11.4 Å². The molecule has 1 spiro atoms. The van der Waals surface area contributed by atoms with Gasteiger partial charge in [0.25, 0.3) is 0 Å². The molecule has 0 aliphatic carbocycles. The van der Waals surface area contributed by atoms with Gasteiger partial charge < -0.3 is 10.1 Å². The Labute approximate surface area is 298 Å². The zero-order chi connectivity index (χ0) is 33.8. The largest absolute Gasteiger partial charge is 0.457 e. The standard InChI is InChI=1S/C49H33NO/c1-3-15-33(16-4-1)37-19-7-9-21-39(37)35-27-29-45-43(31-35)49(41-23-11-13-25-47(41)51-48-26-14-12-24-42(48)49)44-32-36(28-30-46(44)50-45)40-22-10-8-20-38(40)34-17-5-2-6-18-34/h1-32,50H. The topological polar surface area (TPSA) is 21.3 Å². The molecule has 0 saturated carbocycles. The lowest BCUT2D eigenvalue weighted by atomic mass is 9.61. The molecule has 0 fully saturated rings. The fourth-order valence-corrected chi connectivity index (χ4v) is 8.34. The van der Waals surface area contributed by atoms with Gasteiger partial charge in [0.05, 0.1) is 5.41 Å². The first-order valence-corrected chi connectivity index (χ1v) is 17.5. The van der Waals surface area contributed by atoms with E-state index in [9.17, 15) is 0 Å². The summed E-state index contributed by atoms with van der Waals surface area (Å²) in [5.74, 6) is 1.75. The lowest BCUT2D eigenvalue weighted by Gasteiger charge is -2.46. The van der Waals surface area contributed by atoms with Crippen LogP contribution in [0.15, 0.2) is 194 Å². The Morgan fingerprint density at radius 2 is 0.686 bits per heavy atom. The minimum Gasteiger partial charge on any atom is -0.457 e. The Bertz CT molecular complexity index is 2410. The molecular formula is C49H33NO. The van der Waals surface area contributed by atoms with Crippen LogP contribution < -0.4 is 10.1 Å². The predicted molar refractivity (Wildman–Crippen MR) is 210 cm³/mol. The molecule has 1 N–H and O–H groups in total. The maximum absolute atomic E-state index is 6.70. The molecule has 51 heavy (non-hydrogen) atoms. The van der Waals surface area contributed by atoms with Gasteiger partial charge in [-0.1, -0.05) is 158 Å². The number of hydrogen-bond acceptors (Lipinski definition) is 2. The Morgan fingerprint density at radius 1 is 0.314 bits per heavy atom. The van der Waals surface area contributed by atoms with Gasteiger partial charge in [0.2, 0.25) is 0 Å². The van der Waals surface area contributed by atoms with E-state index in [2.05, 4.69) is 199 Å². The summed E-state index contributed by atoms with van der Waals surface area (Å²) in [5.41, 5.74) is 15.8. The Kier molecular flexibility index (Phi) is 6.75. The number of anilines is 2. The number of benzene rings is 8. The average Bonchev–Trinajstić information content (AvgIpc) is 3.21. The highest BCUT2D eigenvalue weighted by Gasteiger charge is 2.49. The molecule has 2 aliphatic heterocycles. The second kappa shape index (κ2) is 11.8. The van der Waals surface area contributed by atoms with Crippen LogP contribution in [0.1, 0.15) is 22.3 Å². The van der Waals surface area contributed by atoms with Crippen molar-refractivity contribution in [2.75, 3.05) is 5.32 Å². The summed E-state index contributed by atoms with van der Waals surface area (Å²) in [6, 6.07) is 69.8. The number of fused-ring (bicyclic) bond motifs is 8. The highest BCUT2D eigenvalue weighted by Crippen LogP contribution is 2.61. The van der Waals surface area contributed by atoms with Gasteiger partial charge in [-0.05, 0) is 92.0 Å². The molecule has 0 atom stereocenters. The lowest BCUT2D eigenvalue weighted by molar-refractivity contribution is 0.434. The Hall–Kier alpha value is -6.64. The van der Waals surface area contributed by atoms with Crippen LogP contribution in [-0.4, -0.2) is 0 Å². The fraction of sp³-hybridized carbons (Fsp3) is 0.0204. The van der Waals surface area contributed by atoms with Crippen LogP contribution in [0.3, 0.4) is 0 Å². The van der Waals surface area contributed by atoms with Gasteiger partial charge in [0.1, 0.15) is 11.5 Å². The molecular weight excluding hydrogens is 619 g/mol. The molecule has 0 aromatic heterocycles. The van der Waals surface area contributed by atoms with Crippen LogP contribution in [0.5, 0.6) is 11.5 Å². The summed E-state index contributed by atoms with van der Waals surface area (Å²) in [6.45, 7) is 0. The summed E-state index contributed by atoms with van der Waals surface area (Å²) in [7, 11) is 0. The normalized spacial score (nSPS) is 13.2. The van der Waals surface area contributed by atoms with Crippen molar-refractivity contribution in [1.29, 1.82) is 0 Å². The molecule has 8 aromatic rings. The number of rotatable bonds is 4. The van der Waals surface area contributed by atoms with Crippen LogP contribution in [0.25, 0.3) is 44.5 Å². The summed E-state index contributed by atoms with van der Waals surface area (Å²) in [4.78, 5) is 0. The minimum absolute atomic E-state index is 0.656. The summed E-state index contributed by atoms with van der Waals surface area (Å²) < 4.78 is 6.70. The molecule has 2 nitrogen and oxygen atoms in total. The quantitative estimate of drug-likeness (QED) is 0.204. The van der Waals surface area contributed by atoms with Gasteiger partial charge in [-0.3, -0.25) is 0 Å². The fourth-order valence-electron chi connectivity index (χ4n) is 8.34. The van der Waals surface area contributed by atoms with Crippen LogP contribution in [0.2, 0.25) is 0 Å². The molecule has 8 aromatic carbocycles. The number of nitrogens with one attached hydrogen (secondary N) is 1. The summed E-state index contributed by atoms with van der Waals surface area (Å²) >= 11 is 0. The molecule has 2 heterocycles. The summed E-state index contributed by atoms with van der Waals surface area (Å²) in [5, 5.41) is 3.88. The van der Waals surface area contributed by atoms with Crippen molar-refractivity contribution in [1.82, 2.24) is 0 Å². The maximum atomic E-state index is 6.70. The molecule has 240 valence electrons. The van der Waals surface area contributed by atoms with E-state index < -0.39 is 5.41 Å². The molecule has 0 unspecified atom stereocenters. The van der Waals surface area contributed by atoms with E-state index in [-0.39, 0.29) is 0 Å². The second-order valence-corrected chi connectivity index (χ2v) is 13.3. The van der Waals surface area contributed by atoms with E-state index in [1.165, 1.54) is 55.6 Å². The zero-order valence-corrected chi connectivity index (χ0v) is 27.9. The van der Waals surface area contributed by atoms with Crippen molar-refractivity contribution < 1.29 is 4.74 Å². The van der Waals surface area contributed by atoms with Gasteiger partial charge in [-0.25, -0.2) is 0 Å². The van der Waals surface area contributed by atoms with Crippen molar-refractivity contribution >= 4 is 11.4 Å². The number of ether oxygens (including phenoxy) is 1. The molecule has 2 heteroatoms. The highest BCUT2D eigenvalue weighted by atomic mass is 16.5. The van der Waals surface area contributed by atoms with Crippen LogP contribution in [0, 0.1) is 0 Å². The van der Waals surface area contributed by atoms with Gasteiger partial charge in [0, 0.05) is 22.5 Å². The van der Waals surface area contributed by atoms with Crippen LogP contribution in [-0.2, 0) is 5.41 Å². The van der Waals surface area contributed by atoms with E-state index >= 15 is 0 Å². The SMILES string of the molecule is c1ccc(-c2ccccc2-c2ccc3c(c2)C2(c4cc(-c5ccccc5-c5ccccc5)ccc4N3)c3ccccc3Oc3ccccc32)cc1. The first-order valence-electron chi connectivity index (χ1n) is 17.5. The number of hydrogen-bond donors (Lipinski definition) is 1. The molecule has 0 bridgehead atoms. The zero-order valence-electron chi connectivity index (χ0n) is 27.9. The molecule has 0 saturated heterocycles. The molecule has 0 radical (unpaired) electrons. The van der Waals surface area contributed by atoms with Gasteiger partial charge >= 0.3 is 0 Å². The van der Waals surface area contributed by atoms with Crippen molar-refractivity contribution in [2.24, 2.45) is 0 Å². The Morgan fingerprint density at radius 3 is 1.14 bits per heavy atom. The predicted octanol–water partition coefficient (Wildman–Crippen LogP) is 12.9. The second-order valence-electron chi connectivity index (χ2n) is 13.3. The van der Waals surface area contributed by atoms with Gasteiger partial charge in [0.15, 0.2) is 0 Å². The Balaban J connectivity index is 1.27. The third-order valence-electron chi connectivity index (χ3n) is 10.6. The third kappa shape index (κ3) is 4.57. The molecule has 2 aliphatic rings. The van der Waals surface area contributed by atoms with Crippen molar-refractivity contribution in [3.63, 3.8) is 0 Å². The highest BCUT2D eigenvalue weighted by molar-refractivity contribution is 5.92. The molecule has 10 rings (SSSR count). The van der Waals surface area contributed by atoms with E-state index in [1.807, 2.05) is 0 Å². The lowest BCUT2D eigenvalue weighted by Crippen LogP contribution is -2.37. The van der Waals surface area contributed by atoms with Gasteiger partial charge in [-0.2, -0.15) is 0 Å². The summed E-state index contributed by atoms with van der Waals surface area (Å²) in [6.07, 6.45) is 0. The van der Waals surface area contributed by atoms with Crippen molar-refractivity contribution in [3.8, 4) is 56.0 Å². The van der Waals surface area contributed by atoms with Gasteiger partial charge in [-0.15, -0.1) is 0 Å². The smallest absolute Gasteiger partial charge is 0.132 e. The van der Waals surface area contributed by atoms with Crippen LogP contribution >= 0.6 is 0 Å². The maximum Gasteiger partial charge on any atom is 0.132 e. The van der Waals surface area contributed by atoms with E-state index in [0.29, 0.717) is 0 Å². The van der Waals surface area contributed by atoms with Crippen molar-refractivity contribution in [2.45, 2.75) is 5.41 Å². The van der Waals surface area contributed by atoms with E-state index in [0.717, 1.165) is 34.0 Å². The van der Waals surface area contributed by atoms with E-state index in [4.69, 9.17) is 4.74 Å². The first-order chi connectivity index (χ1) is 25.3. The third-order valence-corrected chi connectivity index (χ3v) is 10.6. The van der Waals surface area contributed by atoms with Crippen molar-refractivity contribution in [3.05, 3.63) is 216 Å². The number of para-hydroxylation sites is 2. The van der Waals surface area contributed by atoms with E-state index in [1.54, 1.807) is 0 Å². The molecule has 0 amide bonds. The average molecular weight is 652 g/mol. The monoisotopic (exact) mass is 651 g/mol.